The predicted molar refractivity (Wildman–Crippen MR) is 105 cm³/mol. The van der Waals surface area contributed by atoms with Gasteiger partial charge < -0.3 is 26.0 Å². The largest absolute Gasteiger partial charge is 0.378 e. The molecule has 3 saturated heterocycles. The average Bonchev–Trinajstić information content (AvgIpc) is 3.15. The van der Waals surface area contributed by atoms with Gasteiger partial charge in [0.15, 0.2) is 0 Å². The topological polar surface area (TPSA) is 79.6 Å². The number of carbonyl (C=O) groups is 1. The number of amides is 1. The Morgan fingerprint density at radius 3 is 2.73 bits per heavy atom. The molecular formula is C19H28N4O2S. The molecule has 7 heteroatoms. The van der Waals surface area contributed by atoms with Gasteiger partial charge in [0.2, 0.25) is 5.91 Å². The number of fused-ring (bicyclic) bond motifs is 1. The number of benzene rings is 1. The van der Waals surface area contributed by atoms with E-state index < -0.39 is 0 Å². The summed E-state index contributed by atoms with van der Waals surface area (Å²) < 4.78 is 5.43. The van der Waals surface area contributed by atoms with E-state index in [2.05, 4.69) is 39.8 Å². The number of nitrogens with zero attached hydrogens (tertiary/aromatic N) is 1. The standard InChI is InChI=1S/C19H28N4O2S/c1-21-19(24)15-11-22-18(20)14-10-16(26-17(14)15)12-2-4-13(5-3-12)23-6-8-25-9-7-23/h2-5,14-18,22H,6-11,20H2,1H3,(H,21,24). The first-order chi connectivity index (χ1) is 12.7. The van der Waals surface area contributed by atoms with Crippen LogP contribution in [0.2, 0.25) is 0 Å². The molecule has 3 heterocycles. The van der Waals surface area contributed by atoms with Gasteiger partial charge in [-0.25, -0.2) is 0 Å². The first kappa shape index (κ1) is 18.1. The summed E-state index contributed by atoms with van der Waals surface area (Å²) in [4.78, 5) is 14.6. The monoisotopic (exact) mass is 376 g/mol. The van der Waals surface area contributed by atoms with Crippen LogP contribution in [0.15, 0.2) is 24.3 Å². The van der Waals surface area contributed by atoms with E-state index in [0.717, 1.165) is 32.7 Å². The fourth-order valence-electron chi connectivity index (χ4n) is 4.37. The van der Waals surface area contributed by atoms with Crippen molar-refractivity contribution in [2.45, 2.75) is 23.1 Å². The smallest absolute Gasteiger partial charge is 0.225 e. The maximum absolute atomic E-state index is 12.3. The molecule has 0 spiro atoms. The van der Waals surface area contributed by atoms with Gasteiger partial charge in [-0.15, -0.1) is 11.8 Å². The summed E-state index contributed by atoms with van der Waals surface area (Å²) in [5.41, 5.74) is 8.91. The molecule has 5 unspecified atom stereocenters. The number of anilines is 1. The summed E-state index contributed by atoms with van der Waals surface area (Å²) in [5, 5.41) is 6.83. The molecule has 0 radical (unpaired) electrons. The van der Waals surface area contributed by atoms with Crippen molar-refractivity contribution < 1.29 is 9.53 Å². The fraction of sp³-hybridized carbons (Fsp3) is 0.632. The van der Waals surface area contributed by atoms with Crippen LogP contribution >= 0.6 is 11.8 Å². The van der Waals surface area contributed by atoms with Crippen LogP contribution in [0, 0.1) is 11.8 Å². The van der Waals surface area contributed by atoms with Crippen molar-refractivity contribution in [3.63, 3.8) is 0 Å². The summed E-state index contributed by atoms with van der Waals surface area (Å²) in [6, 6.07) is 8.93. The maximum Gasteiger partial charge on any atom is 0.225 e. The fourth-order valence-corrected chi connectivity index (χ4v) is 6.28. The molecule has 4 rings (SSSR count). The van der Waals surface area contributed by atoms with Crippen LogP contribution < -0.4 is 21.3 Å². The lowest BCUT2D eigenvalue weighted by Gasteiger charge is -2.36. The van der Waals surface area contributed by atoms with Crippen LogP contribution in [0.4, 0.5) is 5.69 Å². The second kappa shape index (κ2) is 7.76. The Kier molecular flexibility index (Phi) is 5.40. The first-order valence-electron chi connectivity index (χ1n) is 9.46. The second-order valence-electron chi connectivity index (χ2n) is 7.33. The van der Waals surface area contributed by atoms with Crippen LogP contribution in [-0.2, 0) is 9.53 Å². The highest BCUT2D eigenvalue weighted by Gasteiger charge is 2.47. The zero-order chi connectivity index (χ0) is 18.1. The molecule has 3 fully saturated rings. The number of hydrogen-bond acceptors (Lipinski definition) is 6. The highest BCUT2D eigenvalue weighted by atomic mass is 32.2. The van der Waals surface area contributed by atoms with E-state index in [1.165, 1.54) is 11.3 Å². The van der Waals surface area contributed by atoms with Gasteiger partial charge in [-0.05, 0) is 24.1 Å². The molecule has 0 aliphatic carbocycles. The van der Waals surface area contributed by atoms with Crippen LogP contribution in [0.5, 0.6) is 0 Å². The number of carbonyl (C=O) groups excluding carboxylic acids is 1. The predicted octanol–water partition coefficient (Wildman–Crippen LogP) is 0.936. The minimum atomic E-state index is -0.0222. The Morgan fingerprint density at radius 1 is 1.31 bits per heavy atom. The Balaban J connectivity index is 1.47. The lowest BCUT2D eigenvalue weighted by molar-refractivity contribution is -0.125. The van der Waals surface area contributed by atoms with Crippen LogP contribution in [0.3, 0.4) is 0 Å². The normalized spacial score (nSPS) is 34.4. The molecule has 5 atom stereocenters. The zero-order valence-corrected chi connectivity index (χ0v) is 16.0. The zero-order valence-electron chi connectivity index (χ0n) is 15.2. The molecule has 1 amide bonds. The molecule has 3 aliphatic rings. The quantitative estimate of drug-likeness (QED) is 0.729. The van der Waals surface area contributed by atoms with Gasteiger partial charge in [0, 0.05) is 48.8 Å². The van der Waals surface area contributed by atoms with Crippen molar-refractivity contribution in [1.82, 2.24) is 10.6 Å². The van der Waals surface area contributed by atoms with Gasteiger partial charge in [0.05, 0.1) is 25.3 Å². The number of ether oxygens (including phenoxy) is 1. The van der Waals surface area contributed by atoms with Gasteiger partial charge >= 0.3 is 0 Å². The minimum absolute atomic E-state index is 0.00702. The van der Waals surface area contributed by atoms with Gasteiger partial charge in [0.1, 0.15) is 0 Å². The van der Waals surface area contributed by atoms with E-state index in [1.807, 2.05) is 11.8 Å². The molecule has 4 N–H and O–H groups in total. The lowest BCUT2D eigenvalue weighted by Crippen LogP contribution is -2.58. The highest BCUT2D eigenvalue weighted by Crippen LogP contribution is 2.52. The second-order valence-corrected chi connectivity index (χ2v) is 8.72. The van der Waals surface area contributed by atoms with E-state index in [4.69, 9.17) is 10.5 Å². The van der Waals surface area contributed by atoms with Gasteiger partial charge in [-0.3, -0.25) is 4.79 Å². The molecule has 0 aromatic heterocycles. The average molecular weight is 377 g/mol. The molecule has 0 bridgehead atoms. The van der Waals surface area contributed by atoms with E-state index >= 15 is 0 Å². The van der Waals surface area contributed by atoms with Crippen molar-refractivity contribution in [3.05, 3.63) is 29.8 Å². The summed E-state index contributed by atoms with van der Waals surface area (Å²) in [5.74, 6) is 0.447. The van der Waals surface area contributed by atoms with Gasteiger partial charge in [-0.1, -0.05) is 12.1 Å². The Morgan fingerprint density at radius 2 is 2.04 bits per heavy atom. The third kappa shape index (κ3) is 3.45. The molecule has 1 aromatic rings. The maximum atomic E-state index is 12.3. The number of rotatable bonds is 3. The Labute approximate surface area is 159 Å². The number of nitrogens with two attached hydrogens (primary N) is 1. The number of thioether (sulfide) groups is 1. The lowest BCUT2D eigenvalue weighted by atomic mass is 9.84. The Hall–Kier alpha value is -1.28. The summed E-state index contributed by atoms with van der Waals surface area (Å²) in [7, 11) is 1.72. The summed E-state index contributed by atoms with van der Waals surface area (Å²) >= 11 is 1.93. The van der Waals surface area contributed by atoms with Crippen molar-refractivity contribution >= 4 is 23.4 Å². The van der Waals surface area contributed by atoms with E-state index in [-0.39, 0.29) is 23.2 Å². The van der Waals surface area contributed by atoms with E-state index in [9.17, 15) is 4.79 Å². The van der Waals surface area contributed by atoms with Crippen LogP contribution in [-0.4, -0.2) is 57.2 Å². The van der Waals surface area contributed by atoms with Crippen LogP contribution in [0.25, 0.3) is 0 Å². The molecule has 0 saturated carbocycles. The van der Waals surface area contributed by atoms with Crippen molar-refractivity contribution in [3.8, 4) is 0 Å². The number of piperidine rings is 1. The number of hydrogen-bond donors (Lipinski definition) is 3. The van der Waals surface area contributed by atoms with Gasteiger partial charge in [-0.2, -0.15) is 0 Å². The molecular weight excluding hydrogens is 348 g/mol. The van der Waals surface area contributed by atoms with E-state index in [0.29, 0.717) is 17.7 Å². The van der Waals surface area contributed by atoms with Crippen LogP contribution in [0.1, 0.15) is 17.2 Å². The van der Waals surface area contributed by atoms with Crippen molar-refractivity contribution in [2.75, 3.05) is 44.8 Å². The molecule has 1 aromatic carbocycles. The third-order valence-electron chi connectivity index (χ3n) is 5.89. The minimum Gasteiger partial charge on any atom is -0.378 e. The highest BCUT2D eigenvalue weighted by molar-refractivity contribution is 8.00. The first-order valence-corrected chi connectivity index (χ1v) is 10.4. The SMILES string of the molecule is CNC(=O)C1CNC(N)C2CC(c3ccc(N4CCOCC4)cc3)SC12. The summed E-state index contributed by atoms with van der Waals surface area (Å²) in [6.45, 7) is 4.18. The summed E-state index contributed by atoms with van der Waals surface area (Å²) in [6.07, 6.45) is 1.000. The Bertz CT molecular complexity index is 635. The molecule has 142 valence electrons. The van der Waals surface area contributed by atoms with Gasteiger partial charge in [0.25, 0.3) is 0 Å². The molecule has 3 aliphatic heterocycles. The van der Waals surface area contributed by atoms with Crippen molar-refractivity contribution in [2.24, 2.45) is 17.6 Å². The third-order valence-corrected chi connectivity index (χ3v) is 7.67. The number of morpholine rings is 1. The number of nitrogens with one attached hydrogen (secondary N) is 2. The van der Waals surface area contributed by atoms with E-state index in [1.54, 1.807) is 7.05 Å². The molecule has 26 heavy (non-hydrogen) atoms. The molecule has 6 nitrogen and oxygen atoms in total. The van der Waals surface area contributed by atoms with Crippen molar-refractivity contribution in [1.29, 1.82) is 0 Å².